The second-order valence-electron chi connectivity index (χ2n) is 3.45. The topological polar surface area (TPSA) is 76.9 Å². The van der Waals surface area contributed by atoms with E-state index in [1.165, 1.54) is 29.1 Å². The van der Waals surface area contributed by atoms with Gasteiger partial charge in [0.05, 0.1) is 11.8 Å². The Morgan fingerprint density at radius 2 is 2.24 bits per heavy atom. The summed E-state index contributed by atoms with van der Waals surface area (Å²) in [5, 5.41) is 8.53. The standard InChI is InChI=1S/C10H10N4O2S/c1-6(15)8-5-17-10(12-8)13-9(16)7-3-11-14(2)4-7/h3-5H,1-2H3,(H,12,13,16). The number of carbonyl (C=O) groups excluding carboxylic acids is 2. The first-order chi connectivity index (χ1) is 8.06. The van der Waals surface area contributed by atoms with E-state index in [9.17, 15) is 9.59 Å². The number of nitrogens with one attached hydrogen (secondary N) is 1. The van der Waals surface area contributed by atoms with Gasteiger partial charge in [-0.05, 0) is 0 Å². The summed E-state index contributed by atoms with van der Waals surface area (Å²) in [6.07, 6.45) is 3.07. The van der Waals surface area contributed by atoms with Crippen molar-refractivity contribution in [2.75, 3.05) is 5.32 Å². The van der Waals surface area contributed by atoms with Crippen LogP contribution < -0.4 is 5.32 Å². The quantitative estimate of drug-likeness (QED) is 0.834. The number of aromatic nitrogens is 3. The van der Waals surface area contributed by atoms with Crippen LogP contribution in [0.5, 0.6) is 0 Å². The Balaban J connectivity index is 2.10. The van der Waals surface area contributed by atoms with Crippen LogP contribution >= 0.6 is 11.3 Å². The maximum absolute atomic E-state index is 11.7. The molecule has 6 nitrogen and oxygen atoms in total. The smallest absolute Gasteiger partial charge is 0.260 e. The van der Waals surface area contributed by atoms with Crippen molar-refractivity contribution in [2.45, 2.75) is 6.92 Å². The summed E-state index contributed by atoms with van der Waals surface area (Å²) in [6, 6.07) is 0. The van der Waals surface area contributed by atoms with Crippen LogP contribution in [0.4, 0.5) is 5.13 Å². The van der Waals surface area contributed by atoms with Gasteiger partial charge in [-0.1, -0.05) is 0 Å². The van der Waals surface area contributed by atoms with Crippen molar-refractivity contribution in [1.29, 1.82) is 0 Å². The minimum atomic E-state index is -0.289. The summed E-state index contributed by atoms with van der Waals surface area (Å²) in [7, 11) is 1.73. The number of aryl methyl sites for hydroxylation is 1. The minimum absolute atomic E-state index is 0.122. The number of thiazole rings is 1. The molecule has 0 unspecified atom stereocenters. The normalized spacial score (nSPS) is 10.2. The molecular weight excluding hydrogens is 240 g/mol. The highest BCUT2D eigenvalue weighted by atomic mass is 32.1. The van der Waals surface area contributed by atoms with Crippen LogP contribution in [0.2, 0.25) is 0 Å². The Morgan fingerprint density at radius 1 is 1.47 bits per heavy atom. The molecule has 0 aromatic carbocycles. The number of nitrogens with zero attached hydrogens (tertiary/aromatic N) is 3. The Bertz CT molecular complexity index is 572. The van der Waals surface area contributed by atoms with Crippen molar-refractivity contribution < 1.29 is 9.59 Å². The fourth-order valence-electron chi connectivity index (χ4n) is 1.20. The zero-order chi connectivity index (χ0) is 12.4. The SMILES string of the molecule is CC(=O)c1csc(NC(=O)c2cnn(C)c2)n1. The maximum atomic E-state index is 11.7. The lowest BCUT2D eigenvalue weighted by molar-refractivity contribution is 0.100. The molecule has 2 heterocycles. The van der Waals surface area contributed by atoms with E-state index in [4.69, 9.17) is 0 Å². The van der Waals surface area contributed by atoms with Gasteiger partial charge in [0, 0.05) is 25.5 Å². The van der Waals surface area contributed by atoms with Gasteiger partial charge in [0.15, 0.2) is 10.9 Å². The molecule has 2 aromatic heterocycles. The minimum Gasteiger partial charge on any atom is -0.298 e. The molecule has 1 amide bonds. The lowest BCUT2D eigenvalue weighted by Crippen LogP contribution is -2.11. The highest BCUT2D eigenvalue weighted by Crippen LogP contribution is 2.16. The van der Waals surface area contributed by atoms with Crippen molar-refractivity contribution in [3.05, 3.63) is 29.0 Å². The van der Waals surface area contributed by atoms with Gasteiger partial charge >= 0.3 is 0 Å². The summed E-state index contributed by atoms with van der Waals surface area (Å²) in [5.74, 6) is -0.411. The number of hydrogen-bond donors (Lipinski definition) is 1. The van der Waals surface area contributed by atoms with Gasteiger partial charge in [-0.2, -0.15) is 5.10 Å². The van der Waals surface area contributed by atoms with Gasteiger partial charge in [0.25, 0.3) is 5.91 Å². The van der Waals surface area contributed by atoms with E-state index >= 15 is 0 Å². The number of anilines is 1. The van der Waals surface area contributed by atoms with Crippen LogP contribution in [-0.2, 0) is 7.05 Å². The molecule has 17 heavy (non-hydrogen) atoms. The molecule has 1 N–H and O–H groups in total. The molecule has 0 atom stereocenters. The van der Waals surface area contributed by atoms with Crippen molar-refractivity contribution >= 4 is 28.2 Å². The van der Waals surface area contributed by atoms with Gasteiger partial charge < -0.3 is 0 Å². The van der Waals surface area contributed by atoms with Crippen LogP contribution in [0.3, 0.4) is 0 Å². The molecule has 2 aromatic rings. The third kappa shape index (κ3) is 2.56. The van der Waals surface area contributed by atoms with E-state index in [2.05, 4.69) is 15.4 Å². The number of hydrogen-bond acceptors (Lipinski definition) is 5. The predicted molar refractivity (Wildman–Crippen MR) is 63.3 cm³/mol. The lowest BCUT2D eigenvalue weighted by Gasteiger charge is -1.97. The molecule has 0 spiro atoms. The highest BCUT2D eigenvalue weighted by Gasteiger charge is 2.11. The molecule has 0 aliphatic carbocycles. The molecule has 7 heteroatoms. The monoisotopic (exact) mass is 250 g/mol. The second-order valence-corrected chi connectivity index (χ2v) is 4.31. The van der Waals surface area contributed by atoms with Crippen LogP contribution in [0.15, 0.2) is 17.8 Å². The van der Waals surface area contributed by atoms with Crippen molar-refractivity contribution in [3.63, 3.8) is 0 Å². The highest BCUT2D eigenvalue weighted by molar-refractivity contribution is 7.14. The van der Waals surface area contributed by atoms with Gasteiger partial charge in [-0.3, -0.25) is 19.6 Å². The number of rotatable bonds is 3. The molecule has 0 saturated heterocycles. The number of amides is 1. The fraction of sp³-hybridized carbons (Fsp3) is 0.200. The molecule has 0 fully saturated rings. The van der Waals surface area contributed by atoms with Gasteiger partial charge in [0.1, 0.15) is 5.69 Å². The average molecular weight is 250 g/mol. The fourth-order valence-corrected chi connectivity index (χ4v) is 1.95. The summed E-state index contributed by atoms with van der Waals surface area (Å²) < 4.78 is 1.54. The largest absolute Gasteiger partial charge is 0.298 e. The van der Waals surface area contributed by atoms with E-state index in [-0.39, 0.29) is 11.7 Å². The molecule has 0 aliphatic rings. The Morgan fingerprint density at radius 3 is 2.76 bits per heavy atom. The first kappa shape index (κ1) is 11.5. The van der Waals surface area contributed by atoms with Crippen LogP contribution in [0, 0.1) is 0 Å². The van der Waals surface area contributed by atoms with Crippen molar-refractivity contribution in [2.24, 2.45) is 7.05 Å². The van der Waals surface area contributed by atoms with E-state index < -0.39 is 0 Å². The van der Waals surface area contributed by atoms with Crippen LogP contribution in [0.25, 0.3) is 0 Å². The van der Waals surface area contributed by atoms with Crippen molar-refractivity contribution in [1.82, 2.24) is 14.8 Å². The third-order valence-corrected chi connectivity index (χ3v) is 2.81. The van der Waals surface area contributed by atoms with E-state index in [0.717, 1.165) is 0 Å². The van der Waals surface area contributed by atoms with E-state index in [0.29, 0.717) is 16.4 Å². The first-order valence-corrected chi connectivity index (χ1v) is 5.70. The molecule has 0 aliphatic heterocycles. The van der Waals surface area contributed by atoms with Gasteiger partial charge in [0.2, 0.25) is 0 Å². The summed E-state index contributed by atoms with van der Waals surface area (Å²) in [6.45, 7) is 1.43. The van der Waals surface area contributed by atoms with E-state index in [1.807, 2.05) is 0 Å². The lowest BCUT2D eigenvalue weighted by atomic mass is 10.3. The second kappa shape index (κ2) is 4.46. The van der Waals surface area contributed by atoms with Crippen LogP contribution in [-0.4, -0.2) is 26.5 Å². The summed E-state index contributed by atoms with van der Waals surface area (Å²) >= 11 is 1.22. The average Bonchev–Trinajstić information content (AvgIpc) is 2.86. The van der Waals surface area contributed by atoms with Crippen LogP contribution in [0.1, 0.15) is 27.8 Å². The van der Waals surface area contributed by atoms with Crippen molar-refractivity contribution in [3.8, 4) is 0 Å². The molecule has 0 saturated carbocycles. The molecule has 2 rings (SSSR count). The zero-order valence-electron chi connectivity index (χ0n) is 9.30. The number of ketones is 1. The van der Waals surface area contributed by atoms with Gasteiger partial charge in [-0.25, -0.2) is 4.98 Å². The maximum Gasteiger partial charge on any atom is 0.260 e. The Hall–Kier alpha value is -2.02. The predicted octanol–water partition coefficient (Wildman–Crippen LogP) is 1.33. The Labute approximate surface area is 101 Å². The number of carbonyl (C=O) groups is 2. The van der Waals surface area contributed by atoms with E-state index in [1.54, 1.807) is 18.6 Å². The number of Topliss-reactive ketones (excluding diaryl/α,β-unsaturated/α-hetero) is 1. The third-order valence-electron chi connectivity index (χ3n) is 2.05. The Kier molecular flexibility index (Phi) is 3.01. The molecule has 0 bridgehead atoms. The zero-order valence-corrected chi connectivity index (χ0v) is 10.1. The molecular formula is C10H10N4O2S. The first-order valence-electron chi connectivity index (χ1n) is 4.82. The summed E-state index contributed by atoms with van der Waals surface area (Å²) in [4.78, 5) is 26.8. The molecule has 88 valence electrons. The molecule has 0 radical (unpaired) electrons. The summed E-state index contributed by atoms with van der Waals surface area (Å²) in [5.41, 5.74) is 0.809. The van der Waals surface area contributed by atoms with Gasteiger partial charge in [-0.15, -0.1) is 11.3 Å².